The molecule has 1 aromatic carbocycles. The summed E-state index contributed by atoms with van der Waals surface area (Å²) in [6.07, 6.45) is 2.80. The van der Waals surface area contributed by atoms with E-state index in [0.29, 0.717) is 29.4 Å². The molecular formula is C22H26ClN5O3. The van der Waals surface area contributed by atoms with Crippen LogP contribution in [0.2, 0.25) is 5.02 Å². The monoisotopic (exact) mass is 443 g/mol. The number of hydrogen-bond acceptors (Lipinski definition) is 5. The summed E-state index contributed by atoms with van der Waals surface area (Å²) in [5.41, 5.74) is 3.44. The lowest BCUT2D eigenvalue weighted by Gasteiger charge is -2.25. The van der Waals surface area contributed by atoms with Crippen LogP contribution < -0.4 is 10.6 Å². The number of likely N-dealkylation sites (N-methyl/N-ethyl adjacent to an activating group) is 1. The number of hydrogen-bond donors (Lipinski definition) is 2. The topological polar surface area (TPSA) is 86.8 Å². The number of likely N-dealkylation sites (tertiary alicyclic amines) is 1. The normalized spacial score (nSPS) is 20.9. The van der Waals surface area contributed by atoms with Gasteiger partial charge in [-0.3, -0.25) is 9.78 Å². The molecular weight excluding hydrogens is 418 g/mol. The summed E-state index contributed by atoms with van der Waals surface area (Å²) in [6, 6.07) is 7.82. The van der Waals surface area contributed by atoms with Gasteiger partial charge in [0.1, 0.15) is 6.04 Å². The molecule has 0 saturated carbocycles. The molecule has 0 spiro atoms. The minimum Gasteiger partial charge on any atom is -0.380 e. The highest BCUT2D eigenvalue weighted by atomic mass is 35.5. The van der Waals surface area contributed by atoms with Gasteiger partial charge in [0, 0.05) is 43.9 Å². The standard InChI is InChI=1S/C22H26ClN5O3/c1-27-8-7-14-9-17(11-24-19(14)13-27)25-21(29)20-10-18(31-2)12-28(20)22(30)26-16-5-3-15(23)4-6-16/h3-6,9,11,18,20H,7-8,10,12-13H2,1-2H3,(H,25,29)(H,26,30)/t18-,20?/m1/s1. The summed E-state index contributed by atoms with van der Waals surface area (Å²) < 4.78 is 5.44. The second-order valence-electron chi connectivity index (χ2n) is 8.01. The van der Waals surface area contributed by atoms with E-state index in [0.717, 1.165) is 30.8 Å². The van der Waals surface area contributed by atoms with E-state index >= 15 is 0 Å². The van der Waals surface area contributed by atoms with Crippen molar-refractivity contribution < 1.29 is 14.3 Å². The zero-order chi connectivity index (χ0) is 22.0. The van der Waals surface area contributed by atoms with Crippen LogP contribution in [0.25, 0.3) is 0 Å². The molecule has 4 rings (SSSR count). The van der Waals surface area contributed by atoms with Crippen LogP contribution in [0.15, 0.2) is 36.5 Å². The maximum Gasteiger partial charge on any atom is 0.322 e. The van der Waals surface area contributed by atoms with Crippen LogP contribution in [0.1, 0.15) is 17.7 Å². The molecule has 1 fully saturated rings. The molecule has 1 aromatic heterocycles. The van der Waals surface area contributed by atoms with Crippen LogP contribution >= 0.6 is 11.6 Å². The molecule has 2 aromatic rings. The fraction of sp³-hybridized carbons (Fsp3) is 0.409. The molecule has 0 radical (unpaired) electrons. The third-order valence-electron chi connectivity index (χ3n) is 5.77. The zero-order valence-corrected chi connectivity index (χ0v) is 18.4. The van der Waals surface area contributed by atoms with Crippen LogP contribution in [-0.4, -0.2) is 66.1 Å². The first-order chi connectivity index (χ1) is 14.9. The molecule has 31 heavy (non-hydrogen) atoms. The number of nitrogens with one attached hydrogen (secondary N) is 2. The first-order valence-electron chi connectivity index (χ1n) is 10.3. The number of rotatable bonds is 4. The van der Waals surface area contributed by atoms with Crippen LogP contribution in [0.3, 0.4) is 0 Å². The summed E-state index contributed by atoms with van der Waals surface area (Å²) in [7, 11) is 3.65. The van der Waals surface area contributed by atoms with Crippen LogP contribution in [0.5, 0.6) is 0 Å². The lowest BCUT2D eigenvalue weighted by molar-refractivity contribution is -0.119. The number of anilines is 2. The molecule has 0 bridgehead atoms. The molecule has 3 heterocycles. The number of pyridine rings is 1. The maximum absolute atomic E-state index is 13.1. The van der Waals surface area contributed by atoms with Crippen molar-refractivity contribution in [2.45, 2.75) is 31.5 Å². The molecule has 8 nitrogen and oxygen atoms in total. The number of nitrogens with zero attached hydrogens (tertiary/aromatic N) is 3. The van der Waals surface area contributed by atoms with E-state index in [1.54, 1.807) is 37.6 Å². The largest absolute Gasteiger partial charge is 0.380 e. The predicted octanol–water partition coefficient (Wildman–Crippen LogP) is 2.98. The number of ether oxygens (including phenoxy) is 1. The Kier molecular flexibility index (Phi) is 6.41. The highest BCUT2D eigenvalue weighted by Crippen LogP contribution is 2.25. The highest BCUT2D eigenvalue weighted by Gasteiger charge is 2.40. The molecule has 2 aliphatic rings. The van der Waals surface area contributed by atoms with Gasteiger partial charge in [0.15, 0.2) is 0 Å². The Bertz CT molecular complexity index is 968. The van der Waals surface area contributed by atoms with Crippen molar-refractivity contribution in [3.05, 3.63) is 52.8 Å². The Balaban J connectivity index is 1.46. The smallest absolute Gasteiger partial charge is 0.322 e. The van der Waals surface area contributed by atoms with Crippen molar-refractivity contribution >= 4 is 34.9 Å². The summed E-state index contributed by atoms with van der Waals surface area (Å²) in [6.45, 7) is 2.10. The molecule has 0 aliphatic carbocycles. The molecule has 164 valence electrons. The van der Waals surface area contributed by atoms with E-state index in [1.807, 2.05) is 6.07 Å². The van der Waals surface area contributed by atoms with Crippen molar-refractivity contribution in [1.29, 1.82) is 0 Å². The number of benzene rings is 1. The Morgan fingerprint density at radius 2 is 1.97 bits per heavy atom. The molecule has 1 unspecified atom stereocenters. The number of urea groups is 1. The highest BCUT2D eigenvalue weighted by molar-refractivity contribution is 6.30. The summed E-state index contributed by atoms with van der Waals surface area (Å²) in [4.78, 5) is 34.2. The van der Waals surface area contributed by atoms with Gasteiger partial charge in [-0.05, 0) is 49.4 Å². The second kappa shape index (κ2) is 9.21. The van der Waals surface area contributed by atoms with E-state index in [-0.39, 0.29) is 18.0 Å². The van der Waals surface area contributed by atoms with Gasteiger partial charge < -0.3 is 25.2 Å². The van der Waals surface area contributed by atoms with Gasteiger partial charge in [-0.2, -0.15) is 0 Å². The van der Waals surface area contributed by atoms with Gasteiger partial charge in [0.05, 0.1) is 23.7 Å². The quantitative estimate of drug-likeness (QED) is 0.758. The summed E-state index contributed by atoms with van der Waals surface area (Å²) in [5.74, 6) is -0.250. The first kappa shape index (κ1) is 21.5. The number of carbonyl (C=O) groups excluding carboxylic acids is 2. The summed E-state index contributed by atoms with van der Waals surface area (Å²) in [5, 5.41) is 6.35. The number of fused-ring (bicyclic) bond motifs is 1. The molecule has 2 N–H and O–H groups in total. The second-order valence-corrected chi connectivity index (χ2v) is 8.44. The van der Waals surface area contributed by atoms with Gasteiger partial charge in [-0.25, -0.2) is 4.79 Å². The average Bonchev–Trinajstić information content (AvgIpc) is 3.20. The van der Waals surface area contributed by atoms with E-state index in [2.05, 4.69) is 27.6 Å². The third kappa shape index (κ3) is 4.98. The first-order valence-corrected chi connectivity index (χ1v) is 10.6. The van der Waals surface area contributed by atoms with Gasteiger partial charge in [0.25, 0.3) is 0 Å². The van der Waals surface area contributed by atoms with Crippen LogP contribution in [-0.2, 0) is 22.5 Å². The molecule has 9 heteroatoms. The fourth-order valence-corrected chi connectivity index (χ4v) is 4.13. The van der Waals surface area contributed by atoms with E-state index in [4.69, 9.17) is 16.3 Å². The summed E-state index contributed by atoms with van der Waals surface area (Å²) >= 11 is 5.91. The molecule has 2 aliphatic heterocycles. The lowest BCUT2D eigenvalue weighted by Crippen LogP contribution is -2.45. The van der Waals surface area contributed by atoms with E-state index in [9.17, 15) is 9.59 Å². The SMILES string of the molecule is CO[C@@H]1CC(C(=O)Nc2cnc3c(c2)CCN(C)C3)N(C(=O)Nc2ccc(Cl)cc2)C1. The number of carbonyl (C=O) groups is 2. The van der Waals surface area contributed by atoms with Crippen molar-refractivity contribution in [3.8, 4) is 0 Å². The maximum atomic E-state index is 13.1. The molecule has 2 atom stereocenters. The van der Waals surface area contributed by atoms with E-state index in [1.165, 1.54) is 4.90 Å². The zero-order valence-electron chi connectivity index (χ0n) is 17.6. The Morgan fingerprint density at radius 1 is 1.19 bits per heavy atom. The van der Waals surface area contributed by atoms with Gasteiger partial charge in [0.2, 0.25) is 5.91 Å². The Labute approximate surface area is 186 Å². The molecule has 3 amide bonds. The average molecular weight is 444 g/mol. The lowest BCUT2D eigenvalue weighted by atomic mass is 10.1. The third-order valence-corrected chi connectivity index (χ3v) is 6.02. The fourth-order valence-electron chi connectivity index (χ4n) is 4.01. The van der Waals surface area contributed by atoms with Gasteiger partial charge >= 0.3 is 6.03 Å². The van der Waals surface area contributed by atoms with E-state index < -0.39 is 6.04 Å². The minimum absolute atomic E-state index is 0.205. The predicted molar refractivity (Wildman–Crippen MR) is 119 cm³/mol. The van der Waals surface area contributed by atoms with Crippen molar-refractivity contribution in [2.24, 2.45) is 0 Å². The van der Waals surface area contributed by atoms with Crippen molar-refractivity contribution in [3.63, 3.8) is 0 Å². The van der Waals surface area contributed by atoms with Gasteiger partial charge in [-0.1, -0.05) is 11.6 Å². The Morgan fingerprint density at radius 3 is 2.71 bits per heavy atom. The number of aromatic nitrogens is 1. The minimum atomic E-state index is -0.639. The number of halogens is 1. The molecule has 1 saturated heterocycles. The van der Waals surface area contributed by atoms with Crippen molar-refractivity contribution in [2.75, 3.05) is 37.9 Å². The van der Waals surface area contributed by atoms with Crippen LogP contribution in [0, 0.1) is 0 Å². The number of amides is 3. The van der Waals surface area contributed by atoms with Gasteiger partial charge in [-0.15, -0.1) is 0 Å². The number of methoxy groups -OCH3 is 1. The van der Waals surface area contributed by atoms with Crippen LogP contribution in [0.4, 0.5) is 16.2 Å². The Hall–Kier alpha value is -2.68. The van der Waals surface area contributed by atoms with Crippen molar-refractivity contribution in [1.82, 2.24) is 14.8 Å².